The van der Waals surface area contributed by atoms with E-state index in [0.717, 1.165) is 6.54 Å². The highest BCUT2D eigenvalue weighted by Crippen LogP contribution is 2.25. The quantitative estimate of drug-likeness (QED) is 0.517. The molecule has 6 nitrogen and oxygen atoms in total. The Balaban J connectivity index is 0.000000336. The van der Waals surface area contributed by atoms with E-state index in [0.29, 0.717) is 0 Å². The molecule has 0 aliphatic carbocycles. The maximum atomic E-state index is 8.88. The summed E-state index contributed by atoms with van der Waals surface area (Å²) in [4.78, 5) is 21.6. The number of phosphoric acid groups is 1. The minimum Gasteiger partial charge on any atom is -0.303 e. The summed E-state index contributed by atoms with van der Waals surface area (Å²) in [6, 6.07) is 0. The third-order valence-electron chi connectivity index (χ3n) is 1.59. The smallest absolute Gasteiger partial charge is 0.303 e. The number of hydrogen-bond donors (Lipinski definition) is 3. The predicted octanol–water partition coefficient (Wildman–Crippen LogP) is 0.184. The summed E-state index contributed by atoms with van der Waals surface area (Å²) in [5.74, 6) is 0. The Morgan fingerprint density at radius 2 is 1.93 bits per heavy atom. The van der Waals surface area contributed by atoms with Crippen LogP contribution in [0.1, 0.15) is 19.8 Å². The second-order valence-corrected chi connectivity index (χ2v) is 4.21. The first-order chi connectivity index (χ1) is 6.83. The molecule has 7 heteroatoms. The molecule has 0 aromatic carbocycles. The summed E-state index contributed by atoms with van der Waals surface area (Å²) < 4.78 is 13.2. The van der Waals surface area contributed by atoms with E-state index in [1.807, 2.05) is 7.05 Å². The average molecular weight is 237 g/mol. The Morgan fingerprint density at radius 1 is 1.40 bits per heavy atom. The van der Waals surface area contributed by atoms with Crippen molar-refractivity contribution >= 4 is 7.82 Å². The van der Waals surface area contributed by atoms with E-state index in [2.05, 4.69) is 34.8 Å². The number of aryl methyl sites for hydroxylation is 2. The van der Waals surface area contributed by atoms with Crippen molar-refractivity contribution < 1.29 is 23.8 Å². The minimum atomic E-state index is -4.64. The van der Waals surface area contributed by atoms with E-state index >= 15 is 0 Å². The van der Waals surface area contributed by atoms with Crippen LogP contribution < -0.4 is 4.57 Å². The van der Waals surface area contributed by atoms with Gasteiger partial charge in [0, 0.05) is 0 Å². The van der Waals surface area contributed by atoms with Gasteiger partial charge in [0.1, 0.15) is 12.4 Å². The topological polar surface area (TPSA) is 86.6 Å². The molecule has 1 heterocycles. The van der Waals surface area contributed by atoms with Crippen LogP contribution in [0.3, 0.4) is 0 Å². The average Bonchev–Trinajstić information content (AvgIpc) is 2.45. The van der Waals surface area contributed by atoms with Gasteiger partial charge in [-0.05, 0) is 6.42 Å². The highest BCUT2D eigenvalue weighted by Gasteiger charge is 2.00. The molecule has 0 atom stereocenters. The molecular formula is C8H18N2O4P+. The number of rotatable bonds is 3. The normalized spacial score (nSPS) is 10.7. The fourth-order valence-corrected chi connectivity index (χ4v) is 0.975. The molecule has 3 N–H and O–H groups in total. The molecule has 88 valence electrons. The van der Waals surface area contributed by atoms with Crippen molar-refractivity contribution in [3.05, 3.63) is 18.7 Å². The molecule has 0 aliphatic rings. The van der Waals surface area contributed by atoms with Crippen LogP contribution >= 0.6 is 7.82 Å². The van der Waals surface area contributed by atoms with Gasteiger partial charge in [-0.3, -0.25) is 0 Å². The van der Waals surface area contributed by atoms with E-state index in [1.54, 1.807) is 0 Å². The van der Waals surface area contributed by atoms with Crippen molar-refractivity contribution in [1.82, 2.24) is 4.57 Å². The van der Waals surface area contributed by atoms with Gasteiger partial charge in [-0.25, -0.2) is 13.7 Å². The summed E-state index contributed by atoms with van der Waals surface area (Å²) in [7, 11) is -2.59. The lowest BCUT2D eigenvalue weighted by atomic mass is 10.3. The zero-order valence-corrected chi connectivity index (χ0v) is 9.84. The molecule has 0 amide bonds. The van der Waals surface area contributed by atoms with Gasteiger partial charge >= 0.3 is 7.82 Å². The first-order valence-corrected chi connectivity index (χ1v) is 6.18. The third-order valence-corrected chi connectivity index (χ3v) is 1.59. The van der Waals surface area contributed by atoms with Crippen LogP contribution in [0.5, 0.6) is 0 Å². The Bertz CT molecular complexity index is 312. The van der Waals surface area contributed by atoms with E-state index in [4.69, 9.17) is 19.2 Å². The van der Waals surface area contributed by atoms with Crippen LogP contribution in [0.15, 0.2) is 18.7 Å². The first-order valence-electron chi connectivity index (χ1n) is 4.62. The van der Waals surface area contributed by atoms with Crippen molar-refractivity contribution in [2.45, 2.75) is 26.3 Å². The number of nitrogens with zero attached hydrogens (tertiary/aromatic N) is 2. The Hall–Kier alpha value is -0.680. The number of aromatic nitrogens is 2. The van der Waals surface area contributed by atoms with Gasteiger partial charge in [-0.15, -0.1) is 0 Å². The summed E-state index contributed by atoms with van der Waals surface area (Å²) in [5, 5.41) is 0. The minimum absolute atomic E-state index is 1.15. The van der Waals surface area contributed by atoms with Gasteiger partial charge in [0.15, 0.2) is 0 Å². The zero-order chi connectivity index (χ0) is 11.9. The molecule has 1 aromatic heterocycles. The van der Waals surface area contributed by atoms with E-state index in [9.17, 15) is 0 Å². The predicted molar refractivity (Wildman–Crippen MR) is 54.8 cm³/mol. The standard InChI is InChI=1S/C8H15N2.H3O4P/c1-3-4-5-10-7-6-9(2)8-10;1-5(2,3)4/h6-8H,3-5H2,1-2H3;(H3,1,2,3,4)/q+1;. The van der Waals surface area contributed by atoms with Gasteiger partial charge in [0.25, 0.3) is 0 Å². The third kappa shape index (κ3) is 11.2. The number of unbranched alkanes of at least 4 members (excludes halogenated alkanes) is 1. The molecule has 0 saturated carbocycles. The van der Waals surface area contributed by atoms with E-state index in [1.165, 1.54) is 12.8 Å². The molecular weight excluding hydrogens is 219 g/mol. The molecule has 0 radical (unpaired) electrons. The summed E-state index contributed by atoms with van der Waals surface area (Å²) in [6.45, 7) is 3.36. The van der Waals surface area contributed by atoms with Crippen molar-refractivity contribution in [3.63, 3.8) is 0 Å². The molecule has 0 aliphatic heterocycles. The lowest BCUT2D eigenvalue weighted by Gasteiger charge is -1.90. The molecule has 1 rings (SSSR count). The van der Waals surface area contributed by atoms with Crippen LogP contribution in [0.4, 0.5) is 0 Å². The van der Waals surface area contributed by atoms with Crippen molar-refractivity contribution in [2.75, 3.05) is 0 Å². The highest BCUT2D eigenvalue weighted by atomic mass is 31.2. The lowest BCUT2D eigenvalue weighted by molar-refractivity contribution is -0.671. The second kappa shape index (κ2) is 6.74. The molecule has 0 saturated heterocycles. The molecule has 15 heavy (non-hydrogen) atoms. The van der Waals surface area contributed by atoms with Crippen LogP contribution in [0.2, 0.25) is 0 Å². The van der Waals surface area contributed by atoms with E-state index < -0.39 is 7.82 Å². The van der Waals surface area contributed by atoms with Gasteiger partial charge in [0.2, 0.25) is 6.33 Å². The maximum absolute atomic E-state index is 8.88. The Kier molecular flexibility index (Phi) is 6.43. The molecule has 0 bridgehead atoms. The summed E-state index contributed by atoms with van der Waals surface area (Å²) in [5.41, 5.74) is 0. The number of hydrogen-bond acceptors (Lipinski definition) is 1. The Labute approximate surface area is 89.0 Å². The maximum Gasteiger partial charge on any atom is 0.466 e. The molecule has 1 aromatic rings. The van der Waals surface area contributed by atoms with Gasteiger partial charge in [-0.1, -0.05) is 13.3 Å². The number of imidazole rings is 1. The van der Waals surface area contributed by atoms with Crippen LogP contribution in [0.25, 0.3) is 0 Å². The zero-order valence-electron chi connectivity index (χ0n) is 8.94. The van der Waals surface area contributed by atoms with E-state index in [-0.39, 0.29) is 0 Å². The van der Waals surface area contributed by atoms with Crippen LogP contribution in [-0.4, -0.2) is 19.2 Å². The van der Waals surface area contributed by atoms with Gasteiger partial charge in [-0.2, -0.15) is 0 Å². The molecule has 0 spiro atoms. The fourth-order valence-electron chi connectivity index (χ4n) is 0.975. The van der Waals surface area contributed by atoms with Gasteiger partial charge < -0.3 is 14.7 Å². The monoisotopic (exact) mass is 237 g/mol. The van der Waals surface area contributed by atoms with Crippen molar-refractivity contribution in [2.24, 2.45) is 7.05 Å². The van der Waals surface area contributed by atoms with Gasteiger partial charge in [0.05, 0.1) is 13.6 Å². The Morgan fingerprint density at radius 3 is 2.27 bits per heavy atom. The SMILES string of the molecule is CCCCn1cc[n+](C)c1.O=P(O)(O)O. The highest BCUT2D eigenvalue weighted by molar-refractivity contribution is 7.45. The van der Waals surface area contributed by atoms with Crippen LogP contribution in [0, 0.1) is 0 Å². The molecule has 0 fully saturated rings. The second-order valence-electron chi connectivity index (χ2n) is 3.18. The fraction of sp³-hybridized carbons (Fsp3) is 0.625. The van der Waals surface area contributed by atoms with Crippen LogP contribution in [-0.2, 0) is 18.2 Å². The first kappa shape index (κ1) is 14.3. The summed E-state index contributed by atoms with van der Waals surface area (Å²) >= 11 is 0. The largest absolute Gasteiger partial charge is 0.466 e. The molecule has 0 unspecified atom stereocenters. The van der Waals surface area contributed by atoms with Crippen molar-refractivity contribution in [1.29, 1.82) is 0 Å². The van der Waals surface area contributed by atoms with Crippen molar-refractivity contribution in [3.8, 4) is 0 Å². The lowest BCUT2D eigenvalue weighted by Crippen LogP contribution is -2.23. The summed E-state index contributed by atoms with van der Waals surface area (Å²) in [6.07, 6.45) is 8.82.